The van der Waals surface area contributed by atoms with Gasteiger partial charge in [0.05, 0.1) is 18.8 Å². The summed E-state index contributed by atoms with van der Waals surface area (Å²) in [4.78, 5) is 0. The summed E-state index contributed by atoms with van der Waals surface area (Å²) in [5.41, 5.74) is 0.574. The van der Waals surface area contributed by atoms with Crippen LogP contribution in [-0.2, 0) is 4.74 Å². The van der Waals surface area contributed by atoms with Gasteiger partial charge in [-0.05, 0) is 38.1 Å². The summed E-state index contributed by atoms with van der Waals surface area (Å²) in [6.07, 6.45) is 0.0922. The van der Waals surface area contributed by atoms with Crippen LogP contribution >= 0.6 is 0 Å². The van der Waals surface area contributed by atoms with Crippen LogP contribution < -0.4 is 5.32 Å². The van der Waals surface area contributed by atoms with Crippen LogP contribution in [-0.4, -0.2) is 19.3 Å². The van der Waals surface area contributed by atoms with E-state index in [1.165, 1.54) is 12.1 Å². The van der Waals surface area contributed by atoms with Crippen molar-refractivity contribution in [3.05, 3.63) is 35.4 Å². The Bertz CT molecular complexity index is 335. The average molecular weight is 243 g/mol. The lowest BCUT2D eigenvalue weighted by Gasteiger charge is -2.20. The second kappa shape index (κ2) is 6.67. The van der Waals surface area contributed by atoms with Crippen molar-refractivity contribution >= 4 is 0 Å². The SMILES string of the molecule is CCNC(COC(C)C)c1cc(F)cc(F)c1. The van der Waals surface area contributed by atoms with Gasteiger partial charge in [0.15, 0.2) is 0 Å². The highest BCUT2D eigenvalue weighted by Gasteiger charge is 2.13. The Morgan fingerprint density at radius 3 is 2.24 bits per heavy atom. The summed E-state index contributed by atoms with van der Waals surface area (Å²) in [5.74, 6) is -1.13. The van der Waals surface area contributed by atoms with Crippen LogP contribution in [0.25, 0.3) is 0 Å². The maximum Gasteiger partial charge on any atom is 0.126 e. The van der Waals surface area contributed by atoms with Crippen LogP contribution in [0.1, 0.15) is 32.4 Å². The zero-order valence-corrected chi connectivity index (χ0v) is 10.5. The van der Waals surface area contributed by atoms with E-state index in [9.17, 15) is 8.78 Å². The number of halogens is 2. The second-order valence-electron chi connectivity index (χ2n) is 4.20. The molecule has 1 aromatic carbocycles. The molecule has 1 unspecified atom stereocenters. The molecule has 4 heteroatoms. The third-order valence-electron chi connectivity index (χ3n) is 2.33. The molecular formula is C13H19F2NO. The van der Waals surface area contributed by atoms with Gasteiger partial charge in [0.25, 0.3) is 0 Å². The third kappa shape index (κ3) is 4.79. The van der Waals surface area contributed by atoms with Gasteiger partial charge in [0.1, 0.15) is 11.6 Å². The third-order valence-corrected chi connectivity index (χ3v) is 2.33. The first-order valence-corrected chi connectivity index (χ1v) is 5.84. The average Bonchev–Trinajstić information content (AvgIpc) is 2.22. The molecule has 0 aliphatic rings. The van der Waals surface area contributed by atoms with Crippen LogP contribution in [0.2, 0.25) is 0 Å². The maximum atomic E-state index is 13.1. The fourth-order valence-corrected chi connectivity index (χ4v) is 1.58. The highest BCUT2D eigenvalue weighted by molar-refractivity contribution is 5.21. The van der Waals surface area contributed by atoms with E-state index in [0.717, 1.165) is 6.07 Å². The lowest BCUT2D eigenvalue weighted by molar-refractivity contribution is 0.0613. The van der Waals surface area contributed by atoms with E-state index < -0.39 is 11.6 Å². The van der Waals surface area contributed by atoms with E-state index in [0.29, 0.717) is 18.7 Å². The van der Waals surface area contributed by atoms with Gasteiger partial charge in [-0.15, -0.1) is 0 Å². The topological polar surface area (TPSA) is 21.3 Å². The molecule has 1 N–H and O–H groups in total. The number of hydrogen-bond acceptors (Lipinski definition) is 2. The van der Waals surface area contributed by atoms with Crippen LogP contribution in [0.5, 0.6) is 0 Å². The molecule has 0 saturated carbocycles. The summed E-state index contributed by atoms with van der Waals surface area (Å²) < 4.78 is 31.7. The standard InChI is InChI=1S/C13H19F2NO/c1-4-16-13(8-17-9(2)3)10-5-11(14)7-12(15)6-10/h5-7,9,13,16H,4,8H2,1-3H3. The van der Waals surface area contributed by atoms with Gasteiger partial charge in [-0.1, -0.05) is 6.92 Å². The van der Waals surface area contributed by atoms with Crippen LogP contribution in [0.4, 0.5) is 8.78 Å². The first-order chi connectivity index (χ1) is 8.02. The van der Waals surface area contributed by atoms with Crippen molar-refractivity contribution in [2.75, 3.05) is 13.2 Å². The van der Waals surface area contributed by atoms with Crippen LogP contribution in [0.15, 0.2) is 18.2 Å². The van der Waals surface area contributed by atoms with Crippen molar-refractivity contribution in [2.24, 2.45) is 0 Å². The first kappa shape index (κ1) is 14.1. The Kier molecular flexibility index (Phi) is 5.51. The molecule has 0 heterocycles. The molecule has 0 aromatic heterocycles. The quantitative estimate of drug-likeness (QED) is 0.829. The zero-order valence-electron chi connectivity index (χ0n) is 10.5. The van der Waals surface area contributed by atoms with Crippen molar-refractivity contribution < 1.29 is 13.5 Å². The maximum absolute atomic E-state index is 13.1. The Morgan fingerprint density at radius 1 is 1.18 bits per heavy atom. The van der Waals surface area contributed by atoms with E-state index in [2.05, 4.69) is 5.32 Å². The molecule has 0 radical (unpaired) electrons. The van der Waals surface area contributed by atoms with Crippen molar-refractivity contribution in [2.45, 2.75) is 32.9 Å². The van der Waals surface area contributed by atoms with Crippen LogP contribution in [0, 0.1) is 11.6 Å². The molecule has 2 nitrogen and oxygen atoms in total. The van der Waals surface area contributed by atoms with Gasteiger partial charge in [-0.2, -0.15) is 0 Å². The molecule has 0 saturated heterocycles. The molecule has 1 rings (SSSR count). The minimum atomic E-state index is -0.563. The van der Waals surface area contributed by atoms with Crippen molar-refractivity contribution in [3.8, 4) is 0 Å². The highest BCUT2D eigenvalue weighted by atomic mass is 19.1. The molecule has 0 aliphatic heterocycles. The van der Waals surface area contributed by atoms with Crippen LogP contribution in [0.3, 0.4) is 0 Å². The number of hydrogen-bond donors (Lipinski definition) is 1. The summed E-state index contributed by atoms with van der Waals surface area (Å²) in [7, 11) is 0. The van der Waals surface area contributed by atoms with Gasteiger partial charge in [-0.25, -0.2) is 8.78 Å². The van der Waals surface area contributed by atoms with E-state index in [1.54, 1.807) is 0 Å². The Balaban J connectivity index is 2.80. The van der Waals surface area contributed by atoms with Gasteiger partial charge in [-0.3, -0.25) is 0 Å². The number of ether oxygens (including phenoxy) is 1. The summed E-state index contributed by atoms with van der Waals surface area (Å²) >= 11 is 0. The minimum Gasteiger partial charge on any atom is -0.377 e. The monoisotopic (exact) mass is 243 g/mol. The summed E-state index contributed by atoms with van der Waals surface area (Å²) in [6, 6.07) is 3.35. The first-order valence-electron chi connectivity index (χ1n) is 5.84. The van der Waals surface area contributed by atoms with Gasteiger partial charge >= 0.3 is 0 Å². The van der Waals surface area contributed by atoms with Gasteiger partial charge in [0.2, 0.25) is 0 Å². The van der Waals surface area contributed by atoms with Crippen molar-refractivity contribution in [3.63, 3.8) is 0 Å². The number of benzene rings is 1. The smallest absolute Gasteiger partial charge is 0.126 e. The second-order valence-corrected chi connectivity index (χ2v) is 4.20. The van der Waals surface area contributed by atoms with E-state index in [-0.39, 0.29) is 12.1 Å². The molecule has 0 spiro atoms. The molecule has 17 heavy (non-hydrogen) atoms. The highest BCUT2D eigenvalue weighted by Crippen LogP contribution is 2.17. The molecule has 0 fully saturated rings. The predicted molar refractivity (Wildman–Crippen MR) is 63.9 cm³/mol. The largest absolute Gasteiger partial charge is 0.377 e. The molecule has 0 bridgehead atoms. The molecule has 1 atom stereocenters. The predicted octanol–water partition coefficient (Wildman–Crippen LogP) is 3.04. The minimum absolute atomic E-state index is 0.0922. The molecule has 0 aliphatic carbocycles. The number of rotatable bonds is 6. The summed E-state index contributed by atoms with van der Waals surface area (Å²) in [6.45, 7) is 6.90. The molecule has 96 valence electrons. The van der Waals surface area contributed by atoms with Crippen molar-refractivity contribution in [1.29, 1.82) is 0 Å². The fraction of sp³-hybridized carbons (Fsp3) is 0.538. The Labute approximate surface area is 101 Å². The van der Waals surface area contributed by atoms with E-state index in [4.69, 9.17) is 4.74 Å². The number of likely N-dealkylation sites (N-methyl/N-ethyl adjacent to an activating group) is 1. The Hall–Kier alpha value is -1.00. The molecular weight excluding hydrogens is 224 g/mol. The van der Waals surface area contributed by atoms with E-state index in [1.807, 2.05) is 20.8 Å². The van der Waals surface area contributed by atoms with Crippen molar-refractivity contribution in [1.82, 2.24) is 5.32 Å². The summed E-state index contributed by atoms with van der Waals surface area (Å²) in [5, 5.41) is 3.15. The number of nitrogens with one attached hydrogen (secondary N) is 1. The zero-order chi connectivity index (χ0) is 12.8. The molecule has 1 aromatic rings. The normalized spacial score (nSPS) is 13.1. The molecule has 0 amide bonds. The Morgan fingerprint density at radius 2 is 1.76 bits per heavy atom. The van der Waals surface area contributed by atoms with E-state index >= 15 is 0 Å². The lowest BCUT2D eigenvalue weighted by atomic mass is 10.1. The van der Waals surface area contributed by atoms with Gasteiger partial charge in [0, 0.05) is 6.07 Å². The fourth-order valence-electron chi connectivity index (χ4n) is 1.58. The van der Waals surface area contributed by atoms with Gasteiger partial charge < -0.3 is 10.1 Å². The lowest BCUT2D eigenvalue weighted by Crippen LogP contribution is -2.26.